The van der Waals surface area contributed by atoms with Gasteiger partial charge in [0.1, 0.15) is 0 Å². The number of aliphatic carboxylic acids is 1. The first kappa shape index (κ1) is 19.5. The van der Waals surface area contributed by atoms with Crippen molar-refractivity contribution >= 4 is 5.97 Å². The number of ether oxygens (including phenoxy) is 1. The Morgan fingerprint density at radius 1 is 1.46 bits per heavy atom. The van der Waals surface area contributed by atoms with Gasteiger partial charge < -0.3 is 9.84 Å². The Labute approximate surface area is 147 Å². The maximum atomic E-state index is 11.0. The summed E-state index contributed by atoms with van der Waals surface area (Å²) in [6.07, 6.45) is 8.58. The normalized spacial score (nSPS) is 40.6. The molecule has 0 aliphatic heterocycles. The first-order valence-electron chi connectivity index (χ1n) is 9.57. The lowest BCUT2D eigenvalue weighted by molar-refractivity contribution is -0.138. The summed E-state index contributed by atoms with van der Waals surface area (Å²) in [6.45, 7) is 11.7. The molecule has 3 heteroatoms. The number of fused-ring (bicyclic) bond motifs is 1. The monoisotopic (exact) mass is 336 g/mol. The van der Waals surface area contributed by atoms with E-state index in [0.29, 0.717) is 11.8 Å². The molecule has 0 saturated heterocycles. The molecule has 0 heterocycles. The van der Waals surface area contributed by atoms with E-state index in [1.54, 1.807) is 0 Å². The van der Waals surface area contributed by atoms with Gasteiger partial charge in [0, 0.05) is 13.5 Å². The molecular formula is C21H36O3. The zero-order chi connectivity index (χ0) is 18.1. The van der Waals surface area contributed by atoms with E-state index in [1.165, 1.54) is 18.4 Å². The predicted octanol–water partition coefficient (Wildman–Crippen LogP) is 5.30. The summed E-state index contributed by atoms with van der Waals surface area (Å²) in [5.74, 6) is 0.861. The quantitative estimate of drug-likeness (QED) is 0.669. The lowest BCUT2D eigenvalue weighted by Crippen LogP contribution is -2.51. The van der Waals surface area contributed by atoms with Gasteiger partial charge in [0.15, 0.2) is 0 Å². The number of methoxy groups -OCH3 is 1. The van der Waals surface area contributed by atoms with Crippen molar-refractivity contribution in [2.45, 2.75) is 79.2 Å². The number of hydrogen-bond donors (Lipinski definition) is 1. The van der Waals surface area contributed by atoms with Gasteiger partial charge in [0.05, 0.1) is 6.10 Å². The summed E-state index contributed by atoms with van der Waals surface area (Å²) in [5, 5.41) is 9.04. The summed E-state index contributed by atoms with van der Waals surface area (Å²) in [6, 6.07) is 0. The average molecular weight is 337 g/mol. The van der Waals surface area contributed by atoms with Crippen LogP contribution in [0.15, 0.2) is 11.6 Å². The number of carbonyl (C=O) groups is 1. The Hall–Kier alpha value is -0.830. The van der Waals surface area contributed by atoms with Crippen LogP contribution in [0.2, 0.25) is 0 Å². The second-order valence-corrected chi connectivity index (χ2v) is 9.02. The van der Waals surface area contributed by atoms with Crippen molar-refractivity contribution in [1.82, 2.24) is 0 Å². The summed E-state index contributed by atoms with van der Waals surface area (Å²) in [7, 11) is 1.82. The molecule has 0 aromatic heterocycles. The van der Waals surface area contributed by atoms with Gasteiger partial charge in [-0.25, -0.2) is 0 Å². The maximum absolute atomic E-state index is 11.0. The highest BCUT2D eigenvalue weighted by Gasteiger charge is 2.54. The van der Waals surface area contributed by atoms with Crippen molar-refractivity contribution in [2.75, 3.05) is 7.11 Å². The van der Waals surface area contributed by atoms with Gasteiger partial charge in [0.2, 0.25) is 0 Å². The molecule has 0 radical (unpaired) electrons. The Balaban J connectivity index is 2.22. The third-order valence-corrected chi connectivity index (χ3v) is 7.59. The van der Waals surface area contributed by atoms with E-state index in [4.69, 9.17) is 9.84 Å². The van der Waals surface area contributed by atoms with E-state index in [-0.39, 0.29) is 29.3 Å². The summed E-state index contributed by atoms with van der Waals surface area (Å²) < 4.78 is 5.71. The first-order valence-corrected chi connectivity index (χ1v) is 9.57. The molecule has 1 saturated carbocycles. The molecule has 0 amide bonds. The summed E-state index contributed by atoms with van der Waals surface area (Å²) in [5.41, 5.74) is 2.01. The second-order valence-electron chi connectivity index (χ2n) is 9.02. The van der Waals surface area contributed by atoms with Gasteiger partial charge in [-0.05, 0) is 67.6 Å². The topological polar surface area (TPSA) is 46.5 Å². The zero-order valence-corrected chi connectivity index (χ0v) is 16.4. The summed E-state index contributed by atoms with van der Waals surface area (Å²) >= 11 is 0. The number of rotatable bonds is 6. The highest BCUT2D eigenvalue weighted by Crippen LogP contribution is 2.62. The number of hydrogen-bond acceptors (Lipinski definition) is 2. The molecule has 0 aromatic rings. The van der Waals surface area contributed by atoms with E-state index in [1.807, 2.05) is 7.11 Å². The largest absolute Gasteiger partial charge is 0.481 e. The van der Waals surface area contributed by atoms with Crippen LogP contribution < -0.4 is 0 Å². The number of carboxylic acid groups (broad SMARTS) is 1. The van der Waals surface area contributed by atoms with Crippen molar-refractivity contribution in [3.8, 4) is 0 Å². The minimum Gasteiger partial charge on any atom is -0.481 e. The Morgan fingerprint density at radius 2 is 2.12 bits per heavy atom. The predicted molar refractivity (Wildman–Crippen MR) is 97.9 cm³/mol. The molecule has 0 aromatic carbocycles. The fraction of sp³-hybridized carbons (Fsp3) is 0.857. The van der Waals surface area contributed by atoms with Gasteiger partial charge in [-0.15, -0.1) is 0 Å². The molecular weight excluding hydrogens is 300 g/mol. The van der Waals surface area contributed by atoms with Crippen LogP contribution in [0.25, 0.3) is 0 Å². The van der Waals surface area contributed by atoms with Crippen molar-refractivity contribution < 1.29 is 14.6 Å². The zero-order valence-electron chi connectivity index (χ0n) is 16.4. The lowest BCUT2D eigenvalue weighted by atomic mass is 9.46. The molecule has 1 fully saturated rings. The van der Waals surface area contributed by atoms with Gasteiger partial charge >= 0.3 is 5.97 Å². The highest BCUT2D eigenvalue weighted by molar-refractivity contribution is 5.66. The van der Waals surface area contributed by atoms with E-state index in [9.17, 15) is 4.79 Å². The molecule has 6 unspecified atom stereocenters. The van der Waals surface area contributed by atoms with Crippen LogP contribution in [0.4, 0.5) is 0 Å². The van der Waals surface area contributed by atoms with Crippen molar-refractivity contribution in [3.05, 3.63) is 11.6 Å². The minimum absolute atomic E-state index is 0.226. The Bertz CT molecular complexity index is 497. The van der Waals surface area contributed by atoms with E-state index >= 15 is 0 Å². The van der Waals surface area contributed by atoms with Crippen LogP contribution in [0.1, 0.15) is 73.1 Å². The minimum atomic E-state index is -0.676. The first-order chi connectivity index (χ1) is 11.1. The fourth-order valence-corrected chi connectivity index (χ4v) is 5.40. The van der Waals surface area contributed by atoms with Crippen LogP contribution >= 0.6 is 0 Å². The molecule has 6 atom stereocenters. The molecule has 1 N–H and O–H groups in total. The van der Waals surface area contributed by atoms with Crippen molar-refractivity contribution in [3.63, 3.8) is 0 Å². The van der Waals surface area contributed by atoms with Crippen molar-refractivity contribution in [2.24, 2.45) is 28.6 Å². The van der Waals surface area contributed by atoms with E-state index in [2.05, 4.69) is 40.7 Å². The van der Waals surface area contributed by atoms with E-state index in [0.717, 1.165) is 19.3 Å². The average Bonchev–Trinajstić information content (AvgIpc) is 2.51. The second kappa shape index (κ2) is 7.19. The molecule has 3 nitrogen and oxygen atoms in total. The SMILES string of the molecule is COC1C=C(C)C2(C)CCC(C)C(C)(CCC(C)CC(=O)O)C2C1. The van der Waals surface area contributed by atoms with Crippen LogP contribution in [-0.4, -0.2) is 24.3 Å². The molecule has 0 bridgehead atoms. The van der Waals surface area contributed by atoms with Gasteiger partial charge in [-0.1, -0.05) is 39.3 Å². The molecule has 2 aliphatic rings. The Morgan fingerprint density at radius 3 is 2.71 bits per heavy atom. The summed E-state index contributed by atoms with van der Waals surface area (Å²) in [4.78, 5) is 11.0. The molecule has 2 rings (SSSR count). The molecule has 0 spiro atoms. The third-order valence-electron chi connectivity index (χ3n) is 7.59. The number of carboxylic acids is 1. The molecule has 138 valence electrons. The molecule has 2 aliphatic carbocycles. The Kier molecular flexibility index (Phi) is 5.84. The van der Waals surface area contributed by atoms with Gasteiger partial charge in [-0.3, -0.25) is 4.79 Å². The van der Waals surface area contributed by atoms with Crippen molar-refractivity contribution in [1.29, 1.82) is 0 Å². The maximum Gasteiger partial charge on any atom is 0.303 e. The third kappa shape index (κ3) is 3.56. The number of allylic oxidation sites excluding steroid dienone is 1. The van der Waals surface area contributed by atoms with Crippen LogP contribution in [0.5, 0.6) is 0 Å². The van der Waals surface area contributed by atoms with Crippen LogP contribution in [-0.2, 0) is 9.53 Å². The lowest BCUT2D eigenvalue weighted by Gasteiger charge is -2.59. The highest BCUT2D eigenvalue weighted by atomic mass is 16.5. The van der Waals surface area contributed by atoms with Crippen LogP contribution in [0, 0.1) is 28.6 Å². The smallest absolute Gasteiger partial charge is 0.303 e. The fourth-order valence-electron chi connectivity index (χ4n) is 5.40. The standard InChI is InChI=1S/C21H36O3/c1-14(11-19(22)23)7-9-20(4)15(2)8-10-21(5)16(3)12-17(24-6)13-18(20)21/h12,14-15,17-18H,7-11,13H2,1-6H3,(H,22,23). The molecule has 24 heavy (non-hydrogen) atoms. The van der Waals surface area contributed by atoms with E-state index < -0.39 is 5.97 Å². The van der Waals surface area contributed by atoms with Gasteiger partial charge in [0.25, 0.3) is 0 Å². The van der Waals surface area contributed by atoms with Gasteiger partial charge in [-0.2, -0.15) is 0 Å². The van der Waals surface area contributed by atoms with Crippen LogP contribution in [0.3, 0.4) is 0 Å².